The average molecular weight is 376 g/mol. The zero-order valence-corrected chi connectivity index (χ0v) is 18.8. The number of hydrogen-bond acceptors (Lipinski definition) is 4. The third-order valence-electron chi connectivity index (χ3n) is 4.01. The molecule has 0 aromatic rings. The van der Waals surface area contributed by atoms with E-state index >= 15 is 0 Å². The Balaban J connectivity index is 4.54. The molecule has 154 valence electrons. The zero-order valence-electron chi connectivity index (χ0n) is 18.8. The number of hydrogen-bond donors (Lipinski definition) is 2. The Morgan fingerprint density at radius 3 is 2.37 bits per heavy atom. The van der Waals surface area contributed by atoms with Gasteiger partial charge in [0, 0.05) is 32.9 Å². The monoisotopic (exact) mass is 375 g/mol. The summed E-state index contributed by atoms with van der Waals surface area (Å²) in [5.74, 6) is 0. The topological polar surface area (TPSA) is 52.0 Å². The number of hydrazone groups is 1. The number of likely N-dealkylation sites (N-methyl/N-ethyl adjacent to an activating group) is 1. The summed E-state index contributed by atoms with van der Waals surface area (Å²) in [6, 6.07) is 0. The highest BCUT2D eigenvalue weighted by Gasteiger charge is 2.13. The molecule has 5 heteroatoms. The van der Waals surface area contributed by atoms with Gasteiger partial charge in [0.25, 0.3) is 0 Å². The van der Waals surface area contributed by atoms with Crippen molar-refractivity contribution in [2.45, 2.75) is 54.9 Å². The molecule has 0 bridgehead atoms. The van der Waals surface area contributed by atoms with Crippen molar-refractivity contribution >= 4 is 12.1 Å². The summed E-state index contributed by atoms with van der Waals surface area (Å²) in [4.78, 5) is 6.50. The fraction of sp³-hybridized carbons (Fsp3) is 0.636. The van der Waals surface area contributed by atoms with Crippen LogP contribution in [0.1, 0.15) is 54.9 Å². The van der Waals surface area contributed by atoms with Crippen molar-refractivity contribution in [1.82, 2.24) is 15.6 Å². The average Bonchev–Trinajstić information content (AvgIpc) is 2.58. The van der Waals surface area contributed by atoms with Gasteiger partial charge in [-0.15, -0.1) is 0 Å². The van der Waals surface area contributed by atoms with Crippen LogP contribution in [0.5, 0.6) is 0 Å². The van der Waals surface area contributed by atoms with Crippen molar-refractivity contribution in [2.24, 2.45) is 15.5 Å². The third-order valence-corrected chi connectivity index (χ3v) is 4.01. The molecule has 0 heterocycles. The van der Waals surface area contributed by atoms with Crippen LogP contribution in [0.4, 0.5) is 0 Å². The molecule has 0 amide bonds. The first-order valence-corrected chi connectivity index (χ1v) is 10.0. The minimum absolute atomic E-state index is 0.224. The number of aliphatic imine (C=N–C) groups is 1. The molecule has 2 N–H and O–H groups in total. The van der Waals surface area contributed by atoms with Gasteiger partial charge in [0.05, 0.1) is 5.71 Å². The Kier molecular flexibility index (Phi) is 13.2. The van der Waals surface area contributed by atoms with Gasteiger partial charge in [-0.1, -0.05) is 57.9 Å². The molecule has 0 fully saturated rings. The van der Waals surface area contributed by atoms with Gasteiger partial charge in [0.2, 0.25) is 0 Å². The van der Waals surface area contributed by atoms with Crippen molar-refractivity contribution in [3.63, 3.8) is 0 Å². The summed E-state index contributed by atoms with van der Waals surface area (Å²) in [6.45, 7) is 18.6. The molecule has 0 radical (unpaired) electrons. The Labute approximate surface area is 167 Å². The van der Waals surface area contributed by atoms with Gasteiger partial charge in [0.15, 0.2) is 0 Å². The maximum absolute atomic E-state index is 4.44. The summed E-state index contributed by atoms with van der Waals surface area (Å²) in [5.41, 5.74) is 6.95. The molecule has 5 nitrogen and oxygen atoms in total. The second-order valence-corrected chi connectivity index (χ2v) is 7.68. The van der Waals surface area contributed by atoms with Crippen molar-refractivity contribution in [2.75, 3.05) is 33.2 Å². The number of allylic oxidation sites excluding steroid dienone is 3. The van der Waals surface area contributed by atoms with E-state index in [1.807, 2.05) is 26.2 Å². The van der Waals surface area contributed by atoms with Crippen molar-refractivity contribution < 1.29 is 0 Å². The van der Waals surface area contributed by atoms with E-state index in [2.05, 4.69) is 79.4 Å². The van der Waals surface area contributed by atoms with Crippen molar-refractivity contribution in [3.05, 3.63) is 35.6 Å². The molecule has 0 aliphatic carbocycles. The molecule has 0 saturated carbocycles. The highest BCUT2D eigenvalue weighted by Crippen LogP contribution is 2.27. The van der Waals surface area contributed by atoms with Crippen LogP contribution in [0.3, 0.4) is 0 Å². The van der Waals surface area contributed by atoms with Gasteiger partial charge in [-0.2, -0.15) is 5.10 Å². The van der Waals surface area contributed by atoms with E-state index in [-0.39, 0.29) is 5.41 Å². The lowest BCUT2D eigenvalue weighted by Gasteiger charge is -2.21. The van der Waals surface area contributed by atoms with E-state index in [9.17, 15) is 0 Å². The van der Waals surface area contributed by atoms with E-state index in [4.69, 9.17) is 0 Å². The van der Waals surface area contributed by atoms with Crippen LogP contribution in [-0.2, 0) is 0 Å². The molecule has 0 aromatic carbocycles. The summed E-state index contributed by atoms with van der Waals surface area (Å²) >= 11 is 0. The standard InChI is InChI=1S/C22H41N5/c1-9-20(22(5,6)7)13-12-19(4)17-27(8)18-26-25-15-14-21(24-11-3)16-23-10-2/h12-15,18,23,25H,9-11,16-17H2,1-8H3/b15-14-,19-12+,20-13+,24-21+,26-18+. The minimum atomic E-state index is 0.224. The van der Waals surface area contributed by atoms with Gasteiger partial charge in [-0.05, 0) is 38.3 Å². The van der Waals surface area contributed by atoms with Crippen LogP contribution in [-0.4, -0.2) is 50.2 Å². The Bertz CT molecular complexity index is 548. The largest absolute Gasteiger partial charge is 0.360 e. The molecule has 0 aliphatic heterocycles. The quantitative estimate of drug-likeness (QED) is 0.231. The fourth-order valence-corrected chi connectivity index (χ4v) is 2.56. The Morgan fingerprint density at radius 2 is 1.81 bits per heavy atom. The lowest BCUT2D eigenvalue weighted by molar-refractivity contribution is 0.488. The normalized spacial score (nSPS) is 14.4. The molecule has 0 rings (SSSR count). The zero-order chi connectivity index (χ0) is 20.7. The van der Waals surface area contributed by atoms with Crippen LogP contribution in [0.15, 0.2) is 45.7 Å². The van der Waals surface area contributed by atoms with Crippen LogP contribution >= 0.6 is 0 Å². The first-order valence-electron chi connectivity index (χ1n) is 10.0. The lowest BCUT2D eigenvalue weighted by Crippen LogP contribution is -2.22. The first kappa shape index (κ1) is 25.1. The van der Waals surface area contributed by atoms with E-state index in [1.165, 1.54) is 11.1 Å². The smallest absolute Gasteiger partial charge is 0.111 e. The summed E-state index contributed by atoms with van der Waals surface area (Å²) in [7, 11) is 2.02. The third kappa shape index (κ3) is 13.0. The van der Waals surface area contributed by atoms with E-state index in [0.29, 0.717) is 0 Å². The van der Waals surface area contributed by atoms with E-state index < -0.39 is 0 Å². The Morgan fingerprint density at radius 1 is 1.11 bits per heavy atom. The van der Waals surface area contributed by atoms with Crippen LogP contribution in [0.2, 0.25) is 0 Å². The SMILES string of the molecule is CC/N=C(\C=C/N/N=C/N(C)C/C(C)=C/C=C(\CC)C(C)(C)C)CNCC. The number of rotatable bonds is 12. The fourth-order valence-electron chi connectivity index (χ4n) is 2.56. The van der Waals surface area contributed by atoms with E-state index in [0.717, 1.165) is 38.3 Å². The van der Waals surface area contributed by atoms with Crippen LogP contribution in [0.25, 0.3) is 0 Å². The summed E-state index contributed by atoms with van der Waals surface area (Å²) in [6.07, 6.45) is 11.1. The molecule has 0 saturated heterocycles. The maximum atomic E-state index is 4.44. The van der Waals surface area contributed by atoms with Crippen LogP contribution < -0.4 is 10.7 Å². The van der Waals surface area contributed by atoms with Crippen LogP contribution in [0, 0.1) is 5.41 Å². The highest BCUT2D eigenvalue weighted by atomic mass is 15.3. The Hall–Kier alpha value is -1.88. The highest BCUT2D eigenvalue weighted by molar-refractivity contribution is 5.96. The van der Waals surface area contributed by atoms with Gasteiger partial charge in [0.1, 0.15) is 6.34 Å². The second-order valence-electron chi connectivity index (χ2n) is 7.68. The molecule has 0 aliphatic rings. The van der Waals surface area contributed by atoms with Gasteiger partial charge in [-0.25, -0.2) is 0 Å². The number of nitrogens with zero attached hydrogens (tertiary/aromatic N) is 3. The van der Waals surface area contributed by atoms with Crippen molar-refractivity contribution in [1.29, 1.82) is 0 Å². The minimum Gasteiger partial charge on any atom is -0.360 e. The first-order chi connectivity index (χ1) is 12.7. The summed E-state index contributed by atoms with van der Waals surface area (Å²) < 4.78 is 0. The molecule has 0 unspecified atom stereocenters. The van der Waals surface area contributed by atoms with Gasteiger partial charge >= 0.3 is 0 Å². The van der Waals surface area contributed by atoms with Gasteiger partial charge < -0.3 is 10.2 Å². The molecule has 0 aromatic heterocycles. The van der Waals surface area contributed by atoms with Crippen molar-refractivity contribution in [3.8, 4) is 0 Å². The predicted molar refractivity (Wildman–Crippen MR) is 122 cm³/mol. The van der Waals surface area contributed by atoms with E-state index in [1.54, 1.807) is 6.34 Å². The second kappa shape index (κ2) is 14.2. The van der Waals surface area contributed by atoms with Gasteiger partial charge in [-0.3, -0.25) is 10.4 Å². The predicted octanol–water partition coefficient (Wildman–Crippen LogP) is 4.36. The number of nitrogens with one attached hydrogen (secondary N) is 2. The lowest BCUT2D eigenvalue weighted by atomic mass is 9.84. The molecule has 0 atom stereocenters. The summed E-state index contributed by atoms with van der Waals surface area (Å²) in [5, 5.41) is 7.51. The molecule has 27 heavy (non-hydrogen) atoms. The maximum Gasteiger partial charge on any atom is 0.111 e. The molecule has 0 spiro atoms. The molecular weight excluding hydrogens is 334 g/mol. The molecular formula is C22H41N5.